The van der Waals surface area contributed by atoms with Gasteiger partial charge in [0, 0.05) is 12.8 Å². The van der Waals surface area contributed by atoms with Crippen LogP contribution in [0.1, 0.15) is 271 Å². The van der Waals surface area contributed by atoms with Gasteiger partial charge in [-0.3, -0.25) is 9.59 Å². The number of ether oxygens (including phenoxy) is 4. The van der Waals surface area contributed by atoms with Crippen LogP contribution in [-0.4, -0.2) is 87.4 Å². The summed E-state index contributed by atoms with van der Waals surface area (Å²) in [6, 6.07) is 0. The maximum absolute atomic E-state index is 12.9. The van der Waals surface area contributed by atoms with Crippen LogP contribution in [-0.2, 0) is 33.3 Å². The van der Waals surface area contributed by atoms with E-state index in [-0.39, 0.29) is 38.6 Å². The fraction of sp³-hybridized carbons (Fsp3) is 0.622. The van der Waals surface area contributed by atoms with Crippen molar-refractivity contribution in [3.05, 3.63) is 170 Å². The van der Waals surface area contributed by atoms with E-state index in [0.29, 0.717) is 23.9 Å². The van der Waals surface area contributed by atoms with Crippen LogP contribution < -0.4 is 0 Å². The highest BCUT2D eigenvalue weighted by Crippen LogP contribution is 2.17. The molecule has 0 fully saturated rings. The van der Waals surface area contributed by atoms with Crippen molar-refractivity contribution < 1.29 is 42.9 Å². The minimum atomic E-state index is -1.54. The summed E-state index contributed by atoms with van der Waals surface area (Å²) in [5.74, 6) is -2.09. The van der Waals surface area contributed by atoms with Gasteiger partial charge in [-0.1, -0.05) is 306 Å². The third kappa shape index (κ3) is 71.9. The van der Waals surface area contributed by atoms with E-state index in [2.05, 4.69) is 184 Å². The van der Waals surface area contributed by atoms with Crippen LogP contribution in [0.25, 0.3) is 0 Å². The number of aliphatic carboxylic acids is 1. The van der Waals surface area contributed by atoms with Crippen LogP contribution in [0.4, 0.5) is 0 Å². The molecule has 0 aromatic carbocycles. The first-order valence-corrected chi connectivity index (χ1v) is 36.3. The minimum absolute atomic E-state index is 0.169. The lowest BCUT2D eigenvalue weighted by Crippen LogP contribution is -2.40. The number of carboxylic acid groups (broad SMARTS) is 1. The van der Waals surface area contributed by atoms with E-state index in [1.807, 2.05) is 21.1 Å². The van der Waals surface area contributed by atoms with Crippen molar-refractivity contribution >= 4 is 17.9 Å². The third-order valence-electron chi connectivity index (χ3n) is 15.0. The molecule has 9 nitrogen and oxygen atoms in total. The lowest BCUT2D eigenvalue weighted by Gasteiger charge is -2.25. The first-order chi connectivity index (χ1) is 44.6. The van der Waals surface area contributed by atoms with E-state index < -0.39 is 24.3 Å². The molecule has 0 aliphatic rings. The maximum Gasteiger partial charge on any atom is 0.361 e. The second-order valence-electron chi connectivity index (χ2n) is 24.8. The van der Waals surface area contributed by atoms with Crippen LogP contribution in [0.15, 0.2) is 170 Å². The van der Waals surface area contributed by atoms with Crippen molar-refractivity contribution in [1.29, 1.82) is 0 Å². The van der Waals surface area contributed by atoms with Crippen molar-refractivity contribution in [3.63, 3.8) is 0 Å². The Morgan fingerprint density at radius 1 is 0.330 bits per heavy atom. The number of hydrogen-bond acceptors (Lipinski definition) is 7. The summed E-state index contributed by atoms with van der Waals surface area (Å²) in [5.41, 5.74) is 0. The summed E-state index contributed by atoms with van der Waals surface area (Å²) in [6.45, 7) is 4.58. The number of hydrogen-bond donors (Lipinski definition) is 1. The Morgan fingerprint density at radius 2 is 0.604 bits per heavy atom. The molecule has 514 valence electrons. The molecule has 1 N–H and O–H groups in total. The van der Waals surface area contributed by atoms with Gasteiger partial charge in [0.2, 0.25) is 0 Å². The Balaban J connectivity index is 4.17. The molecule has 0 aromatic heterocycles. The first-order valence-electron chi connectivity index (χ1n) is 36.3. The van der Waals surface area contributed by atoms with Gasteiger partial charge in [-0.05, 0) is 122 Å². The Bertz CT molecular complexity index is 2100. The molecule has 0 rings (SSSR count). The second kappa shape index (κ2) is 70.5. The monoisotopic (exact) mass is 1260 g/mol. The second-order valence-corrected chi connectivity index (χ2v) is 24.8. The highest BCUT2D eigenvalue weighted by atomic mass is 16.7. The maximum atomic E-state index is 12.9. The molecule has 0 aromatic rings. The van der Waals surface area contributed by atoms with E-state index >= 15 is 0 Å². The van der Waals surface area contributed by atoms with Crippen molar-refractivity contribution in [3.8, 4) is 0 Å². The molecular formula is C82H134NO8+. The van der Waals surface area contributed by atoms with E-state index in [1.54, 1.807) is 0 Å². The molecule has 2 atom stereocenters. The average molecular weight is 1260 g/mol. The highest BCUT2D eigenvalue weighted by Gasteiger charge is 2.25. The van der Waals surface area contributed by atoms with E-state index in [4.69, 9.17) is 18.9 Å². The Labute approximate surface area is 558 Å². The number of allylic oxidation sites excluding steroid dienone is 28. The van der Waals surface area contributed by atoms with Crippen molar-refractivity contribution in [1.82, 2.24) is 0 Å². The van der Waals surface area contributed by atoms with Gasteiger partial charge in [0.1, 0.15) is 13.2 Å². The van der Waals surface area contributed by atoms with Gasteiger partial charge in [-0.2, -0.15) is 0 Å². The number of nitrogens with zero attached hydrogens (tertiary/aromatic N) is 1. The van der Waals surface area contributed by atoms with Gasteiger partial charge >= 0.3 is 17.9 Å². The quantitative estimate of drug-likeness (QED) is 0.0211. The van der Waals surface area contributed by atoms with Gasteiger partial charge in [0.15, 0.2) is 6.10 Å². The van der Waals surface area contributed by atoms with E-state index in [9.17, 15) is 19.5 Å². The van der Waals surface area contributed by atoms with Crippen molar-refractivity contribution in [2.24, 2.45) is 0 Å². The zero-order valence-electron chi connectivity index (χ0n) is 58.7. The highest BCUT2D eigenvalue weighted by molar-refractivity contribution is 5.71. The molecule has 0 aliphatic carbocycles. The number of carboxylic acids is 1. The van der Waals surface area contributed by atoms with E-state index in [0.717, 1.165) is 109 Å². The Kier molecular flexibility index (Phi) is 66.4. The van der Waals surface area contributed by atoms with Gasteiger partial charge in [-0.15, -0.1) is 0 Å². The van der Waals surface area contributed by atoms with E-state index in [1.165, 1.54) is 122 Å². The fourth-order valence-corrected chi connectivity index (χ4v) is 9.51. The summed E-state index contributed by atoms with van der Waals surface area (Å²) in [6.07, 6.45) is 103. The smallest absolute Gasteiger partial charge is 0.361 e. The molecule has 0 saturated carbocycles. The number of carbonyl (C=O) groups is 3. The Hall–Kier alpha value is -5.35. The Morgan fingerprint density at radius 3 is 0.912 bits per heavy atom. The standard InChI is InChI=1S/C82H133NO8/c1-6-8-10-12-14-16-18-20-22-24-26-28-30-32-34-36-37-38-39-40-41-42-43-45-46-48-50-52-54-56-58-60-62-64-66-68-70-72-79(84)89-76-78(77-90-82(81(86)87)88-75-74-83(3,4)5)91-80(85)73-71-69-67-65-63-61-59-57-55-53-51-49-47-44-35-33-31-29-27-25-23-21-19-17-15-13-11-9-7-2/h8-11,14-17,20-23,26-29,32-35,47,49,53,55,59,61,65,67,78,82H,6-7,12-13,18-19,24-25,30-31,36-46,48,50-52,54,56-58,60,62-64,66,68-77H2,1-5H3/p+1/b10-8-,11-9-,16-14-,17-15-,22-20-,23-21-,28-26-,29-27-,34-32-,35-33-,49-47-,55-53-,61-59-,67-65-. The molecule has 0 bridgehead atoms. The molecule has 0 amide bonds. The van der Waals surface area contributed by atoms with Gasteiger partial charge < -0.3 is 28.5 Å². The van der Waals surface area contributed by atoms with Gasteiger partial charge in [0.25, 0.3) is 6.29 Å². The predicted molar refractivity (Wildman–Crippen MR) is 391 cm³/mol. The molecule has 0 heterocycles. The summed E-state index contributed by atoms with van der Waals surface area (Å²) in [5, 5.41) is 9.75. The number of unbranched alkanes of at least 4 members (excludes halogenated alkanes) is 22. The molecule has 9 heteroatoms. The van der Waals surface area contributed by atoms with Crippen LogP contribution in [0, 0.1) is 0 Å². The van der Waals surface area contributed by atoms with Crippen LogP contribution in [0.3, 0.4) is 0 Å². The normalized spacial score (nSPS) is 13.7. The number of carbonyl (C=O) groups excluding carboxylic acids is 2. The summed E-state index contributed by atoms with van der Waals surface area (Å²) in [7, 11) is 5.95. The minimum Gasteiger partial charge on any atom is -0.477 e. The number of quaternary nitrogens is 1. The third-order valence-corrected chi connectivity index (χ3v) is 15.0. The fourth-order valence-electron chi connectivity index (χ4n) is 9.51. The molecule has 2 unspecified atom stereocenters. The molecule has 0 saturated heterocycles. The molecule has 0 spiro atoms. The zero-order chi connectivity index (χ0) is 66.1. The molecule has 91 heavy (non-hydrogen) atoms. The number of likely N-dealkylation sites (N-methyl/N-ethyl adjacent to an activating group) is 1. The lowest BCUT2D eigenvalue weighted by molar-refractivity contribution is -0.870. The van der Waals surface area contributed by atoms with Crippen LogP contribution in [0.2, 0.25) is 0 Å². The lowest BCUT2D eigenvalue weighted by atomic mass is 10.0. The first kappa shape index (κ1) is 85.7. The SMILES string of the molecule is CC/C=C\C/C=C\C/C=C\C/C=C\C/C=C\C/C=C\C/C=C\C/C=C\C/C=C\CCCC(=O)OC(COC(=O)CCCCCCCCCCCCCCCCCCCCCCC/C=C\C/C=C\C/C=C\C/C=C\C/C=C\CC)COC(OCC[N+](C)(C)C)C(=O)O. The largest absolute Gasteiger partial charge is 0.477 e. The average Bonchev–Trinajstić information content (AvgIpc) is 3.66. The van der Waals surface area contributed by atoms with Crippen molar-refractivity contribution in [2.75, 3.05) is 47.5 Å². The summed E-state index contributed by atoms with van der Waals surface area (Å²) >= 11 is 0. The van der Waals surface area contributed by atoms with Crippen LogP contribution >= 0.6 is 0 Å². The van der Waals surface area contributed by atoms with Gasteiger partial charge in [0.05, 0.1) is 34.4 Å². The number of esters is 2. The van der Waals surface area contributed by atoms with Crippen molar-refractivity contribution in [2.45, 2.75) is 283 Å². The summed E-state index contributed by atoms with van der Waals surface area (Å²) in [4.78, 5) is 37.6. The molecule has 0 aliphatic heterocycles. The van der Waals surface area contributed by atoms with Crippen LogP contribution in [0.5, 0.6) is 0 Å². The van der Waals surface area contributed by atoms with Gasteiger partial charge in [-0.25, -0.2) is 4.79 Å². The number of rotatable bonds is 65. The molecular weight excluding hydrogens is 1130 g/mol. The predicted octanol–water partition coefficient (Wildman–Crippen LogP) is 23.0. The zero-order valence-corrected chi connectivity index (χ0v) is 58.7. The summed E-state index contributed by atoms with van der Waals surface area (Å²) < 4.78 is 22.9. The molecule has 0 radical (unpaired) electrons. The topological polar surface area (TPSA) is 108 Å².